The highest BCUT2D eigenvalue weighted by molar-refractivity contribution is 9.10. The van der Waals surface area contributed by atoms with E-state index < -0.39 is 23.9 Å². The molecular weight excluding hydrogens is 462 g/mol. The Hall–Kier alpha value is -2.39. The molecule has 0 fully saturated rings. The maximum absolute atomic E-state index is 12.7. The number of nitrogens with one attached hydrogen (secondary N) is 1. The van der Waals surface area contributed by atoms with Crippen LogP contribution in [0.3, 0.4) is 0 Å². The number of hydrogen-bond donors (Lipinski definition) is 1. The maximum atomic E-state index is 12.7. The number of esters is 2. The quantitative estimate of drug-likeness (QED) is 0.552. The van der Waals surface area contributed by atoms with Gasteiger partial charge >= 0.3 is 11.9 Å². The van der Waals surface area contributed by atoms with E-state index in [9.17, 15) is 14.4 Å². The fourth-order valence-corrected chi connectivity index (χ4v) is 3.91. The summed E-state index contributed by atoms with van der Waals surface area (Å²) < 4.78 is 16.5. The summed E-state index contributed by atoms with van der Waals surface area (Å²) in [5, 5.41) is 2.90. The molecule has 0 radical (unpaired) electrons. The summed E-state index contributed by atoms with van der Waals surface area (Å²) in [5.41, 5.74) is 0.544. The van der Waals surface area contributed by atoms with Gasteiger partial charge in [0.2, 0.25) is 0 Å². The lowest BCUT2D eigenvalue weighted by atomic mass is 10.1. The summed E-state index contributed by atoms with van der Waals surface area (Å²) >= 11 is 4.34. The molecule has 1 atom stereocenters. The first kappa shape index (κ1) is 22.9. The summed E-state index contributed by atoms with van der Waals surface area (Å²) in [7, 11) is 0. The molecule has 0 aliphatic rings. The van der Waals surface area contributed by atoms with Crippen molar-refractivity contribution in [3.63, 3.8) is 0 Å². The van der Waals surface area contributed by atoms with Crippen molar-refractivity contribution >= 4 is 50.1 Å². The maximum Gasteiger partial charge on any atom is 0.348 e. The lowest BCUT2D eigenvalue weighted by molar-refractivity contribution is -0.122. The smallest absolute Gasteiger partial charge is 0.348 e. The van der Waals surface area contributed by atoms with Crippen LogP contribution < -0.4 is 10.1 Å². The third kappa shape index (κ3) is 5.57. The average molecular weight is 484 g/mol. The lowest BCUT2D eigenvalue weighted by Gasteiger charge is -2.15. The van der Waals surface area contributed by atoms with E-state index in [1.165, 1.54) is 0 Å². The summed E-state index contributed by atoms with van der Waals surface area (Å²) in [6.45, 7) is 6.94. The zero-order valence-electron chi connectivity index (χ0n) is 16.5. The number of hydrogen-bond acceptors (Lipinski definition) is 7. The Bertz CT molecular complexity index is 910. The third-order valence-corrected chi connectivity index (χ3v) is 5.68. The van der Waals surface area contributed by atoms with E-state index in [0.717, 1.165) is 11.3 Å². The Labute approximate surface area is 181 Å². The Morgan fingerprint density at radius 1 is 1.10 bits per heavy atom. The minimum Gasteiger partial charge on any atom is -0.480 e. The van der Waals surface area contributed by atoms with E-state index >= 15 is 0 Å². The molecule has 29 heavy (non-hydrogen) atoms. The molecule has 156 valence electrons. The van der Waals surface area contributed by atoms with Gasteiger partial charge in [-0.3, -0.25) is 4.79 Å². The van der Waals surface area contributed by atoms with Crippen LogP contribution in [0.15, 0.2) is 28.7 Å². The zero-order chi connectivity index (χ0) is 21.6. The van der Waals surface area contributed by atoms with E-state index in [2.05, 4.69) is 21.2 Å². The van der Waals surface area contributed by atoms with Gasteiger partial charge in [-0.05, 0) is 61.3 Å². The van der Waals surface area contributed by atoms with Gasteiger partial charge in [0.05, 0.1) is 23.2 Å². The molecule has 0 aliphatic heterocycles. The zero-order valence-corrected chi connectivity index (χ0v) is 18.9. The molecule has 2 rings (SSSR count). The number of ether oxygens (including phenoxy) is 3. The highest BCUT2D eigenvalue weighted by Gasteiger charge is 2.28. The molecule has 0 unspecified atom stereocenters. The van der Waals surface area contributed by atoms with E-state index in [0.29, 0.717) is 15.8 Å². The summed E-state index contributed by atoms with van der Waals surface area (Å²) in [6.07, 6.45) is -0.850. The van der Waals surface area contributed by atoms with Crippen LogP contribution in [-0.2, 0) is 14.3 Å². The summed E-state index contributed by atoms with van der Waals surface area (Å²) in [6, 6.07) is 7.15. The minimum atomic E-state index is -0.850. The highest BCUT2D eigenvalue weighted by atomic mass is 79.9. The minimum absolute atomic E-state index is 0.140. The van der Waals surface area contributed by atoms with Gasteiger partial charge in [-0.1, -0.05) is 12.1 Å². The van der Waals surface area contributed by atoms with Crippen molar-refractivity contribution in [1.82, 2.24) is 0 Å². The topological polar surface area (TPSA) is 90.9 Å². The molecule has 7 nitrogen and oxygen atoms in total. The first-order chi connectivity index (χ1) is 13.8. The molecule has 0 spiro atoms. The van der Waals surface area contributed by atoms with Crippen LogP contribution in [0, 0.1) is 6.92 Å². The first-order valence-electron chi connectivity index (χ1n) is 8.99. The van der Waals surface area contributed by atoms with Crippen molar-refractivity contribution in [2.24, 2.45) is 0 Å². The largest absolute Gasteiger partial charge is 0.480 e. The number of amides is 1. The van der Waals surface area contributed by atoms with E-state index in [-0.39, 0.29) is 28.7 Å². The lowest BCUT2D eigenvalue weighted by Crippen LogP contribution is -2.30. The first-order valence-corrected chi connectivity index (χ1v) is 10.6. The van der Waals surface area contributed by atoms with Crippen LogP contribution in [0.4, 0.5) is 5.00 Å². The molecule has 0 bridgehead atoms. The van der Waals surface area contributed by atoms with Gasteiger partial charge in [0.25, 0.3) is 5.91 Å². The number of carbonyl (C=O) groups is 3. The Balaban J connectivity index is 2.28. The Morgan fingerprint density at radius 3 is 2.34 bits per heavy atom. The third-order valence-electron chi connectivity index (χ3n) is 3.83. The predicted octanol–water partition coefficient (Wildman–Crippen LogP) is 4.58. The van der Waals surface area contributed by atoms with Crippen LogP contribution in [0.25, 0.3) is 0 Å². The molecule has 1 aromatic heterocycles. The standard InChI is InChI=1S/C20H22BrNO6S/c1-5-26-19(24)15-11(3)16(20(25)27-6-2)29-18(15)22-17(23)12(4)28-14-10-8-7-9-13(14)21/h7-10,12H,5-6H2,1-4H3,(H,22,23)/t12-/m0/s1. The molecule has 0 saturated heterocycles. The van der Waals surface area contributed by atoms with Crippen LogP contribution in [0.5, 0.6) is 5.75 Å². The van der Waals surface area contributed by atoms with Gasteiger partial charge in [-0.25, -0.2) is 9.59 Å². The molecule has 1 amide bonds. The fraction of sp³-hybridized carbons (Fsp3) is 0.350. The van der Waals surface area contributed by atoms with Crippen molar-refractivity contribution in [1.29, 1.82) is 0 Å². The number of para-hydroxylation sites is 1. The molecule has 9 heteroatoms. The molecule has 1 heterocycles. The monoisotopic (exact) mass is 483 g/mol. The van der Waals surface area contributed by atoms with Crippen LogP contribution in [0.1, 0.15) is 46.4 Å². The number of anilines is 1. The number of halogens is 1. The second-order valence-corrected chi connectivity index (χ2v) is 7.76. The summed E-state index contributed by atoms with van der Waals surface area (Å²) in [5.74, 6) is -1.14. The van der Waals surface area contributed by atoms with E-state index in [1.807, 2.05) is 6.07 Å². The molecule has 0 aliphatic carbocycles. The van der Waals surface area contributed by atoms with Gasteiger partial charge in [-0.15, -0.1) is 11.3 Å². The van der Waals surface area contributed by atoms with Crippen LogP contribution >= 0.6 is 27.3 Å². The van der Waals surface area contributed by atoms with Crippen LogP contribution in [-0.4, -0.2) is 37.2 Å². The van der Waals surface area contributed by atoms with Gasteiger partial charge in [0.1, 0.15) is 15.6 Å². The number of benzene rings is 1. The SMILES string of the molecule is CCOC(=O)c1sc(NC(=O)[C@H](C)Oc2ccccc2Br)c(C(=O)OCC)c1C. The van der Waals surface area contributed by atoms with Gasteiger partial charge in [0.15, 0.2) is 6.10 Å². The fourth-order valence-electron chi connectivity index (χ4n) is 2.44. The van der Waals surface area contributed by atoms with Gasteiger partial charge in [0, 0.05) is 0 Å². The van der Waals surface area contributed by atoms with Crippen molar-refractivity contribution in [2.75, 3.05) is 18.5 Å². The number of carbonyl (C=O) groups excluding carboxylic acids is 3. The Kier molecular flexibility index (Phi) is 8.21. The van der Waals surface area contributed by atoms with Gasteiger partial charge < -0.3 is 19.5 Å². The molecule has 1 N–H and O–H groups in total. The van der Waals surface area contributed by atoms with Crippen molar-refractivity contribution in [2.45, 2.75) is 33.8 Å². The summed E-state index contributed by atoms with van der Waals surface area (Å²) in [4.78, 5) is 37.5. The molecular formula is C20H22BrNO6S. The second kappa shape index (κ2) is 10.4. The van der Waals surface area contributed by atoms with Crippen molar-refractivity contribution in [3.05, 3.63) is 44.7 Å². The van der Waals surface area contributed by atoms with Crippen LogP contribution in [0.2, 0.25) is 0 Å². The van der Waals surface area contributed by atoms with E-state index in [1.54, 1.807) is 45.9 Å². The van der Waals surface area contributed by atoms with Gasteiger partial charge in [-0.2, -0.15) is 0 Å². The molecule has 2 aromatic rings. The van der Waals surface area contributed by atoms with Crippen molar-refractivity contribution < 1.29 is 28.6 Å². The van der Waals surface area contributed by atoms with Crippen molar-refractivity contribution in [3.8, 4) is 5.75 Å². The molecule has 0 saturated carbocycles. The second-order valence-electron chi connectivity index (χ2n) is 5.88. The Morgan fingerprint density at radius 2 is 1.72 bits per heavy atom. The van der Waals surface area contributed by atoms with E-state index in [4.69, 9.17) is 14.2 Å². The number of rotatable bonds is 8. The highest BCUT2D eigenvalue weighted by Crippen LogP contribution is 2.34. The number of thiophene rings is 1. The molecule has 1 aromatic carbocycles. The average Bonchev–Trinajstić information content (AvgIpc) is 3.00. The normalized spacial score (nSPS) is 11.5. The predicted molar refractivity (Wildman–Crippen MR) is 114 cm³/mol.